The van der Waals surface area contributed by atoms with Crippen molar-refractivity contribution in [1.82, 2.24) is 10.2 Å². The maximum Gasteiger partial charge on any atom is 0.303 e. The molecular formula is C16H18N2O3. The molecule has 5 nitrogen and oxygen atoms in total. The number of nitrogens with zero attached hydrogens (tertiary/aromatic N) is 2. The number of benzene rings is 1. The lowest BCUT2D eigenvalue weighted by atomic mass is 10.1. The minimum absolute atomic E-state index is 0.186. The van der Waals surface area contributed by atoms with E-state index >= 15 is 0 Å². The van der Waals surface area contributed by atoms with E-state index in [0.717, 1.165) is 24.8 Å². The molecule has 0 spiro atoms. The first-order chi connectivity index (χ1) is 10.2. The highest BCUT2D eigenvalue weighted by Gasteiger charge is 2.14. The fourth-order valence-electron chi connectivity index (χ4n) is 2.73. The molecule has 0 aliphatic heterocycles. The van der Waals surface area contributed by atoms with E-state index in [4.69, 9.17) is 9.52 Å². The normalized spacial score (nSPS) is 13.3. The number of carboxylic acid groups (broad SMARTS) is 1. The first kappa shape index (κ1) is 13.8. The Morgan fingerprint density at radius 1 is 1.19 bits per heavy atom. The lowest BCUT2D eigenvalue weighted by Crippen LogP contribution is -1.95. The summed E-state index contributed by atoms with van der Waals surface area (Å²) in [5.74, 6) is 0.369. The zero-order valence-electron chi connectivity index (χ0n) is 11.8. The van der Waals surface area contributed by atoms with Gasteiger partial charge < -0.3 is 9.52 Å². The smallest absolute Gasteiger partial charge is 0.303 e. The van der Waals surface area contributed by atoms with E-state index in [-0.39, 0.29) is 6.42 Å². The number of aliphatic carboxylic acids is 1. The van der Waals surface area contributed by atoms with Crippen molar-refractivity contribution in [3.63, 3.8) is 0 Å². The van der Waals surface area contributed by atoms with Crippen LogP contribution in [0.25, 0.3) is 11.5 Å². The van der Waals surface area contributed by atoms with Gasteiger partial charge in [-0.05, 0) is 55.4 Å². The van der Waals surface area contributed by atoms with Crippen molar-refractivity contribution < 1.29 is 14.3 Å². The van der Waals surface area contributed by atoms with E-state index in [1.54, 1.807) is 0 Å². The number of hydrogen-bond acceptors (Lipinski definition) is 4. The Kier molecular flexibility index (Phi) is 3.99. The molecule has 5 heteroatoms. The van der Waals surface area contributed by atoms with Gasteiger partial charge in [0.25, 0.3) is 0 Å². The molecule has 0 atom stereocenters. The molecule has 0 fully saturated rings. The largest absolute Gasteiger partial charge is 0.481 e. The van der Waals surface area contributed by atoms with E-state index < -0.39 is 5.97 Å². The molecule has 2 aromatic rings. The van der Waals surface area contributed by atoms with Crippen LogP contribution in [0.4, 0.5) is 0 Å². The third kappa shape index (κ3) is 3.29. The topological polar surface area (TPSA) is 76.2 Å². The number of unbranched alkanes of at least 4 members (excludes halogenated alkanes) is 1. The first-order valence-corrected chi connectivity index (χ1v) is 7.39. The Balaban J connectivity index is 1.63. The molecule has 1 aliphatic carbocycles. The Bertz CT molecular complexity index is 649. The van der Waals surface area contributed by atoms with Crippen molar-refractivity contribution >= 4 is 5.97 Å². The first-order valence-electron chi connectivity index (χ1n) is 7.39. The Hall–Kier alpha value is -2.17. The van der Waals surface area contributed by atoms with Gasteiger partial charge in [-0.1, -0.05) is 6.07 Å². The molecule has 1 aliphatic rings. The highest BCUT2D eigenvalue weighted by atomic mass is 16.4. The van der Waals surface area contributed by atoms with E-state index in [2.05, 4.69) is 22.3 Å². The summed E-state index contributed by atoms with van der Waals surface area (Å²) in [5, 5.41) is 16.7. The summed E-state index contributed by atoms with van der Waals surface area (Å²) in [5.41, 5.74) is 3.78. The van der Waals surface area contributed by atoms with Crippen molar-refractivity contribution in [2.24, 2.45) is 0 Å². The summed E-state index contributed by atoms with van der Waals surface area (Å²) in [6.45, 7) is 0. The molecule has 110 valence electrons. The van der Waals surface area contributed by atoms with Gasteiger partial charge in [-0.2, -0.15) is 0 Å². The Morgan fingerprint density at radius 3 is 2.90 bits per heavy atom. The van der Waals surface area contributed by atoms with Crippen LogP contribution in [0.5, 0.6) is 0 Å². The fourth-order valence-corrected chi connectivity index (χ4v) is 2.73. The molecule has 0 amide bonds. The summed E-state index contributed by atoms with van der Waals surface area (Å²) < 4.78 is 5.67. The Morgan fingerprint density at radius 2 is 2.05 bits per heavy atom. The maximum absolute atomic E-state index is 10.4. The van der Waals surface area contributed by atoms with Crippen molar-refractivity contribution in [2.45, 2.75) is 44.9 Å². The Labute approximate surface area is 123 Å². The molecule has 21 heavy (non-hydrogen) atoms. The zero-order valence-corrected chi connectivity index (χ0v) is 11.8. The van der Waals surface area contributed by atoms with Crippen LogP contribution >= 0.6 is 0 Å². The van der Waals surface area contributed by atoms with Gasteiger partial charge in [0.1, 0.15) is 0 Å². The van der Waals surface area contributed by atoms with Crippen LogP contribution in [-0.2, 0) is 24.1 Å². The molecule has 0 saturated heterocycles. The molecule has 1 aromatic carbocycles. The van der Waals surface area contributed by atoms with Crippen LogP contribution < -0.4 is 0 Å². The lowest BCUT2D eigenvalue weighted by Gasteiger charge is -2.00. The molecule has 1 aromatic heterocycles. The van der Waals surface area contributed by atoms with Crippen LogP contribution in [0.1, 0.15) is 42.7 Å². The van der Waals surface area contributed by atoms with Crippen molar-refractivity contribution in [3.05, 3.63) is 35.2 Å². The minimum atomic E-state index is -0.764. The number of carboxylic acids is 1. The fraction of sp³-hybridized carbons (Fsp3) is 0.438. The predicted molar refractivity (Wildman–Crippen MR) is 76.9 cm³/mol. The highest BCUT2D eigenvalue weighted by molar-refractivity contribution is 5.66. The highest BCUT2D eigenvalue weighted by Crippen LogP contribution is 2.27. The van der Waals surface area contributed by atoms with Gasteiger partial charge in [0.15, 0.2) is 0 Å². The van der Waals surface area contributed by atoms with Crippen molar-refractivity contribution in [1.29, 1.82) is 0 Å². The predicted octanol–water partition coefficient (Wildman–Crippen LogP) is 3.02. The van der Waals surface area contributed by atoms with E-state index in [1.807, 2.05) is 6.07 Å². The van der Waals surface area contributed by atoms with E-state index in [0.29, 0.717) is 24.6 Å². The second-order valence-electron chi connectivity index (χ2n) is 5.44. The molecule has 0 bridgehead atoms. The number of fused-ring (bicyclic) bond motifs is 1. The lowest BCUT2D eigenvalue weighted by molar-refractivity contribution is -0.137. The minimum Gasteiger partial charge on any atom is -0.481 e. The number of hydrogen-bond donors (Lipinski definition) is 1. The maximum atomic E-state index is 10.4. The zero-order chi connectivity index (χ0) is 14.7. The standard InChI is InChI=1S/C16H18N2O3/c19-15(20)7-2-1-6-14-17-18-16(21-14)13-9-8-11-4-3-5-12(11)10-13/h8-10H,1-7H2,(H,19,20). The van der Waals surface area contributed by atoms with Crippen LogP contribution in [0, 0.1) is 0 Å². The van der Waals surface area contributed by atoms with Gasteiger partial charge in [0.05, 0.1) is 0 Å². The average Bonchev–Trinajstić information content (AvgIpc) is 3.11. The molecule has 1 heterocycles. The van der Waals surface area contributed by atoms with Gasteiger partial charge in [-0.25, -0.2) is 0 Å². The number of carbonyl (C=O) groups is 1. The number of aryl methyl sites for hydroxylation is 3. The number of aromatic nitrogens is 2. The summed E-state index contributed by atoms with van der Waals surface area (Å²) in [6, 6.07) is 6.32. The van der Waals surface area contributed by atoms with Crippen LogP contribution in [0.2, 0.25) is 0 Å². The third-order valence-electron chi connectivity index (χ3n) is 3.84. The molecule has 3 rings (SSSR count). The van der Waals surface area contributed by atoms with Crippen molar-refractivity contribution in [2.75, 3.05) is 0 Å². The molecular weight excluding hydrogens is 268 g/mol. The van der Waals surface area contributed by atoms with Gasteiger partial charge in [0, 0.05) is 18.4 Å². The molecule has 0 saturated carbocycles. The summed E-state index contributed by atoms with van der Waals surface area (Å²) >= 11 is 0. The SMILES string of the molecule is O=C(O)CCCCc1nnc(-c2ccc3c(c2)CCC3)o1. The summed E-state index contributed by atoms with van der Waals surface area (Å²) in [4.78, 5) is 10.4. The molecule has 0 unspecified atom stereocenters. The van der Waals surface area contributed by atoms with Crippen LogP contribution in [-0.4, -0.2) is 21.3 Å². The molecule has 0 radical (unpaired) electrons. The van der Waals surface area contributed by atoms with Gasteiger partial charge in [-0.15, -0.1) is 10.2 Å². The number of rotatable bonds is 6. The monoisotopic (exact) mass is 286 g/mol. The van der Waals surface area contributed by atoms with Gasteiger partial charge in [-0.3, -0.25) is 4.79 Å². The average molecular weight is 286 g/mol. The van der Waals surface area contributed by atoms with Gasteiger partial charge in [0.2, 0.25) is 11.8 Å². The van der Waals surface area contributed by atoms with Crippen molar-refractivity contribution in [3.8, 4) is 11.5 Å². The quantitative estimate of drug-likeness (QED) is 0.826. The van der Waals surface area contributed by atoms with Crippen LogP contribution in [0.15, 0.2) is 22.6 Å². The van der Waals surface area contributed by atoms with Gasteiger partial charge >= 0.3 is 5.97 Å². The van der Waals surface area contributed by atoms with Crippen LogP contribution in [0.3, 0.4) is 0 Å². The molecule has 1 N–H and O–H groups in total. The summed E-state index contributed by atoms with van der Waals surface area (Å²) in [6.07, 6.45) is 5.70. The third-order valence-corrected chi connectivity index (χ3v) is 3.84. The second-order valence-corrected chi connectivity index (χ2v) is 5.44. The summed E-state index contributed by atoms with van der Waals surface area (Å²) in [7, 11) is 0. The van der Waals surface area contributed by atoms with E-state index in [9.17, 15) is 4.79 Å². The van der Waals surface area contributed by atoms with E-state index in [1.165, 1.54) is 17.5 Å². The second kappa shape index (κ2) is 6.08.